The summed E-state index contributed by atoms with van der Waals surface area (Å²) < 4.78 is 36.8. The maximum Gasteiger partial charge on any atom is 0.251 e. The molecule has 0 aliphatic heterocycles. The molecule has 0 unspecified atom stereocenters. The third-order valence-corrected chi connectivity index (χ3v) is 3.39. The van der Waals surface area contributed by atoms with E-state index in [-0.39, 0.29) is 23.9 Å². The molecule has 0 spiro atoms. The molecule has 0 fully saturated rings. The molecule has 1 N–H and O–H groups in total. The Morgan fingerprint density at radius 1 is 1.16 bits per heavy atom. The predicted molar refractivity (Wildman–Crippen MR) is 83.8 cm³/mol. The van der Waals surface area contributed by atoms with Crippen LogP contribution in [0, 0.1) is 11.6 Å². The SMILES string of the molecule is COc1ccccc1-c1nnc(CNC(=O)c2ccc(F)c(F)c2)o1. The molecule has 0 aliphatic rings. The van der Waals surface area contributed by atoms with Gasteiger partial charge in [-0.15, -0.1) is 10.2 Å². The number of hydrogen-bond acceptors (Lipinski definition) is 5. The molecule has 0 saturated carbocycles. The topological polar surface area (TPSA) is 77.3 Å². The second-order valence-electron chi connectivity index (χ2n) is 5.01. The van der Waals surface area contributed by atoms with Gasteiger partial charge in [0.2, 0.25) is 5.89 Å². The molecule has 1 amide bonds. The molecule has 1 heterocycles. The molecule has 2 aromatic carbocycles. The van der Waals surface area contributed by atoms with Crippen LogP contribution in [0.15, 0.2) is 46.9 Å². The number of ether oxygens (including phenoxy) is 1. The number of nitrogens with zero attached hydrogens (tertiary/aromatic N) is 2. The molecule has 0 radical (unpaired) electrons. The number of carbonyl (C=O) groups excluding carboxylic acids is 1. The van der Waals surface area contributed by atoms with Crippen LogP contribution in [0.2, 0.25) is 0 Å². The molecule has 3 rings (SSSR count). The van der Waals surface area contributed by atoms with Gasteiger partial charge in [-0.25, -0.2) is 8.78 Å². The van der Waals surface area contributed by atoms with E-state index in [2.05, 4.69) is 15.5 Å². The second-order valence-corrected chi connectivity index (χ2v) is 5.01. The number of methoxy groups -OCH3 is 1. The first-order valence-electron chi connectivity index (χ1n) is 7.27. The van der Waals surface area contributed by atoms with E-state index < -0.39 is 17.5 Å². The average molecular weight is 345 g/mol. The Morgan fingerprint density at radius 2 is 1.96 bits per heavy atom. The van der Waals surface area contributed by atoms with Gasteiger partial charge in [0, 0.05) is 5.56 Å². The number of amides is 1. The van der Waals surface area contributed by atoms with Crippen molar-refractivity contribution in [1.82, 2.24) is 15.5 Å². The van der Waals surface area contributed by atoms with E-state index in [0.29, 0.717) is 11.3 Å². The van der Waals surface area contributed by atoms with E-state index in [4.69, 9.17) is 9.15 Å². The molecule has 0 atom stereocenters. The Bertz CT molecular complexity index is 912. The van der Waals surface area contributed by atoms with Gasteiger partial charge in [0.1, 0.15) is 5.75 Å². The van der Waals surface area contributed by atoms with Crippen molar-refractivity contribution < 1.29 is 22.7 Å². The summed E-state index contributed by atoms with van der Waals surface area (Å²) in [4.78, 5) is 11.9. The monoisotopic (exact) mass is 345 g/mol. The molecule has 0 saturated heterocycles. The van der Waals surface area contributed by atoms with Crippen LogP contribution in [-0.4, -0.2) is 23.2 Å². The lowest BCUT2D eigenvalue weighted by Crippen LogP contribution is -2.23. The van der Waals surface area contributed by atoms with Crippen molar-refractivity contribution in [2.24, 2.45) is 0 Å². The van der Waals surface area contributed by atoms with E-state index in [1.807, 2.05) is 6.07 Å². The number of carbonyl (C=O) groups is 1. The number of aromatic nitrogens is 2. The normalized spacial score (nSPS) is 10.5. The van der Waals surface area contributed by atoms with E-state index in [9.17, 15) is 13.6 Å². The summed E-state index contributed by atoms with van der Waals surface area (Å²) in [5.74, 6) is -1.72. The van der Waals surface area contributed by atoms with Crippen LogP contribution in [0.1, 0.15) is 16.2 Å². The van der Waals surface area contributed by atoms with Crippen molar-refractivity contribution in [1.29, 1.82) is 0 Å². The predicted octanol–water partition coefficient (Wildman–Crippen LogP) is 2.95. The summed E-state index contributed by atoms with van der Waals surface area (Å²) in [6.45, 7) is -0.0556. The lowest BCUT2D eigenvalue weighted by atomic mass is 10.2. The average Bonchev–Trinajstić information content (AvgIpc) is 3.10. The number of para-hydroxylation sites is 1. The highest BCUT2D eigenvalue weighted by molar-refractivity contribution is 5.94. The lowest BCUT2D eigenvalue weighted by molar-refractivity contribution is 0.0946. The molecular formula is C17H13F2N3O3. The number of halogens is 2. The van der Waals surface area contributed by atoms with Gasteiger partial charge in [-0.2, -0.15) is 0 Å². The molecular weight excluding hydrogens is 332 g/mol. The molecule has 25 heavy (non-hydrogen) atoms. The zero-order valence-electron chi connectivity index (χ0n) is 13.1. The minimum absolute atomic E-state index is 0.0108. The first-order valence-corrected chi connectivity index (χ1v) is 7.27. The molecule has 0 bridgehead atoms. The maximum atomic E-state index is 13.2. The highest BCUT2D eigenvalue weighted by Crippen LogP contribution is 2.28. The highest BCUT2D eigenvalue weighted by atomic mass is 19.2. The Balaban J connectivity index is 1.69. The minimum Gasteiger partial charge on any atom is -0.496 e. The minimum atomic E-state index is -1.09. The van der Waals surface area contributed by atoms with Crippen LogP contribution < -0.4 is 10.1 Å². The Morgan fingerprint density at radius 3 is 2.72 bits per heavy atom. The van der Waals surface area contributed by atoms with Crippen LogP contribution in [0.5, 0.6) is 5.75 Å². The zero-order valence-corrected chi connectivity index (χ0v) is 13.1. The van der Waals surface area contributed by atoms with Crippen molar-refractivity contribution >= 4 is 5.91 Å². The van der Waals surface area contributed by atoms with Crippen molar-refractivity contribution in [3.8, 4) is 17.2 Å². The van der Waals surface area contributed by atoms with Gasteiger partial charge < -0.3 is 14.5 Å². The van der Waals surface area contributed by atoms with E-state index in [1.54, 1.807) is 18.2 Å². The summed E-state index contributed by atoms with van der Waals surface area (Å²) in [6, 6.07) is 10.0. The summed E-state index contributed by atoms with van der Waals surface area (Å²) >= 11 is 0. The number of rotatable bonds is 5. The number of nitrogens with one attached hydrogen (secondary N) is 1. The fourth-order valence-electron chi connectivity index (χ4n) is 2.15. The molecule has 1 aromatic heterocycles. The zero-order chi connectivity index (χ0) is 17.8. The van der Waals surface area contributed by atoms with Crippen LogP contribution >= 0.6 is 0 Å². The van der Waals surface area contributed by atoms with Gasteiger partial charge in [-0.3, -0.25) is 4.79 Å². The van der Waals surface area contributed by atoms with Crippen molar-refractivity contribution in [2.75, 3.05) is 7.11 Å². The van der Waals surface area contributed by atoms with Gasteiger partial charge in [-0.1, -0.05) is 12.1 Å². The van der Waals surface area contributed by atoms with Crippen LogP contribution in [0.3, 0.4) is 0 Å². The lowest BCUT2D eigenvalue weighted by Gasteiger charge is -2.04. The van der Waals surface area contributed by atoms with Crippen LogP contribution in [-0.2, 0) is 6.54 Å². The highest BCUT2D eigenvalue weighted by Gasteiger charge is 2.14. The summed E-state index contributed by atoms with van der Waals surface area (Å²) in [6.07, 6.45) is 0. The summed E-state index contributed by atoms with van der Waals surface area (Å²) in [5.41, 5.74) is 0.610. The molecule has 6 nitrogen and oxygen atoms in total. The van der Waals surface area contributed by atoms with Gasteiger partial charge in [0.25, 0.3) is 11.8 Å². The third-order valence-electron chi connectivity index (χ3n) is 3.39. The smallest absolute Gasteiger partial charge is 0.251 e. The molecule has 3 aromatic rings. The van der Waals surface area contributed by atoms with E-state index >= 15 is 0 Å². The quantitative estimate of drug-likeness (QED) is 0.769. The maximum absolute atomic E-state index is 13.2. The Labute approximate surface area is 141 Å². The number of benzene rings is 2. The van der Waals surface area contributed by atoms with E-state index in [0.717, 1.165) is 12.1 Å². The molecule has 128 valence electrons. The van der Waals surface area contributed by atoms with Crippen molar-refractivity contribution in [3.63, 3.8) is 0 Å². The first-order chi connectivity index (χ1) is 12.1. The van der Waals surface area contributed by atoms with Crippen LogP contribution in [0.25, 0.3) is 11.5 Å². The fraction of sp³-hybridized carbons (Fsp3) is 0.118. The van der Waals surface area contributed by atoms with E-state index in [1.165, 1.54) is 13.2 Å². The fourth-order valence-corrected chi connectivity index (χ4v) is 2.15. The van der Waals surface area contributed by atoms with Crippen LogP contribution in [0.4, 0.5) is 8.78 Å². The standard InChI is InChI=1S/C17H13F2N3O3/c1-24-14-5-3-2-4-11(14)17-22-21-15(25-17)9-20-16(23)10-6-7-12(18)13(19)8-10/h2-8H,9H2,1H3,(H,20,23). The van der Waals surface area contributed by atoms with Crippen molar-refractivity contribution in [2.45, 2.75) is 6.54 Å². The summed E-state index contributed by atoms with van der Waals surface area (Å²) in [7, 11) is 1.53. The number of hydrogen-bond donors (Lipinski definition) is 1. The van der Waals surface area contributed by atoms with Gasteiger partial charge in [0.05, 0.1) is 19.2 Å². The van der Waals surface area contributed by atoms with Gasteiger partial charge in [0.15, 0.2) is 11.6 Å². The van der Waals surface area contributed by atoms with Crippen molar-refractivity contribution in [3.05, 3.63) is 65.6 Å². The molecule has 0 aliphatic carbocycles. The Kier molecular flexibility index (Phi) is 4.69. The first kappa shape index (κ1) is 16.6. The Hall–Kier alpha value is -3.29. The molecule has 8 heteroatoms. The largest absolute Gasteiger partial charge is 0.496 e. The van der Waals surface area contributed by atoms with Gasteiger partial charge in [-0.05, 0) is 30.3 Å². The summed E-state index contributed by atoms with van der Waals surface area (Å²) in [5, 5.41) is 10.3. The third kappa shape index (κ3) is 3.63. The second kappa shape index (κ2) is 7.08. The van der Waals surface area contributed by atoms with Gasteiger partial charge >= 0.3 is 0 Å².